The van der Waals surface area contributed by atoms with Crippen molar-refractivity contribution >= 4 is 11.2 Å². The summed E-state index contributed by atoms with van der Waals surface area (Å²) >= 11 is 0. The number of benzene rings is 1. The number of fused-ring (bicyclic) bond motifs is 1. The standard InChI is InChI=1S/C23H33N5O4/c1-4-5-9-17-10-6-7-11-19(17)32-15-18(29)14-24-12-8-13-28-16-25-21-20(28)22(30)27(3)23(31)26(21)2/h6-7,10-11,16,18,24,29H,4-5,8-9,12-15H2,1-3H3. The van der Waals surface area contributed by atoms with Crippen molar-refractivity contribution in [1.29, 1.82) is 0 Å². The molecule has 3 rings (SSSR count). The van der Waals surface area contributed by atoms with Crippen LogP contribution in [0.4, 0.5) is 0 Å². The van der Waals surface area contributed by atoms with Crippen LogP contribution >= 0.6 is 0 Å². The number of rotatable bonds is 12. The zero-order chi connectivity index (χ0) is 23.1. The summed E-state index contributed by atoms with van der Waals surface area (Å²) in [6, 6.07) is 7.97. The average Bonchev–Trinajstić information content (AvgIpc) is 3.23. The van der Waals surface area contributed by atoms with Crippen LogP contribution in [-0.2, 0) is 27.1 Å². The molecule has 1 atom stereocenters. The largest absolute Gasteiger partial charge is 0.491 e. The molecule has 2 aromatic heterocycles. The molecule has 0 saturated carbocycles. The number of aliphatic hydroxyl groups excluding tert-OH is 1. The Morgan fingerprint density at radius 2 is 1.94 bits per heavy atom. The first-order valence-electron chi connectivity index (χ1n) is 11.1. The van der Waals surface area contributed by atoms with E-state index in [0.717, 1.165) is 36.0 Å². The SMILES string of the molecule is CCCCc1ccccc1OCC(O)CNCCCn1cnc2c1c(=O)n(C)c(=O)n2C. The van der Waals surface area contributed by atoms with Crippen LogP contribution in [0.1, 0.15) is 31.7 Å². The molecular weight excluding hydrogens is 410 g/mol. The number of aromatic nitrogens is 4. The minimum Gasteiger partial charge on any atom is -0.491 e. The quantitative estimate of drug-likeness (QED) is 0.408. The molecule has 2 N–H and O–H groups in total. The van der Waals surface area contributed by atoms with Gasteiger partial charge < -0.3 is 19.7 Å². The van der Waals surface area contributed by atoms with Crippen LogP contribution in [0.2, 0.25) is 0 Å². The van der Waals surface area contributed by atoms with Gasteiger partial charge in [0, 0.05) is 27.2 Å². The van der Waals surface area contributed by atoms with E-state index in [4.69, 9.17) is 4.74 Å². The van der Waals surface area contributed by atoms with Gasteiger partial charge in [-0.15, -0.1) is 0 Å². The van der Waals surface area contributed by atoms with E-state index in [1.807, 2.05) is 18.2 Å². The fraction of sp³-hybridized carbons (Fsp3) is 0.522. The Hall–Kier alpha value is -2.91. The predicted octanol–water partition coefficient (Wildman–Crippen LogP) is 1.20. The number of para-hydroxylation sites is 1. The van der Waals surface area contributed by atoms with Gasteiger partial charge in [-0.05, 0) is 37.4 Å². The Balaban J connectivity index is 1.45. The summed E-state index contributed by atoms with van der Waals surface area (Å²) in [6.07, 6.45) is 4.92. The fourth-order valence-electron chi connectivity index (χ4n) is 3.67. The van der Waals surface area contributed by atoms with E-state index in [-0.39, 0.29) is 12.2 Å². The smallest absolute Gasteiger partial charge is 0.332 e. The molecule has 0 spiro atoms. The summed E-state index contributed by atoms with van der Waals surface area (Å²) in [5, 5.41) is 13.5. The van der Waals surface area contributed by atoms with Crippen molar-refractivity contribution < 1.29 is 9.84 Å². The van der Waals surface area contributed by atoms with Crippen LogP contribution in [-0.4, -0.2) is 49.6 Å². The molecule has 2 heterocycles. The number of hydrogen-bond acceptors (Lipinski definition) is 6. The summed E-state index contributed by atoms with van der Waals surface area (Å²) in [5.41, 5.74) is 1.24. The number of ether oxygens (including phenoxy) is 1. The second-order valence-corrected chi connectivity index (χ2v) is 8.05. The van der Waals surface area contributed by atoms with E-state index in [9.17, 15) is 14.7 Å². The monoisotopic (exact) mass is 443 g/mol. The maximum Gasteiger partial charge on any atom is 0.332 e. The Labute approximate surface area is 187 Å². The second-order valence-electron chi connectivity index (χ2n) is 8.05. The van der Waals surface area contributed by atoms with Crippen molar-refractivity contribution in [3.8, 4) is 5.75 Å². The van der Waals surface area contributed by atoms with Gasteiger partial charge in [0.05, 0.1) is 6.33 Å². The van der Waals surface area contributed by atoms with Crippen LogP contribution in [0.25, 0.3) is 11.2 Å². The highest BCUT2D eigenvalue weighted by Gasteiger charge is 2.14. The summed E-state index contributed by atoms with van der Waals surface area (Å²) in [6.45, 7) is 4.05. The second kappa shape index (κ2) is 11.1. The first kappa shape index (κ1) is 23.7. The Bertz CT molecular complexity index is 1150. The third-order valence-corrected chi connectivity index (χ3v) is 5.55. The molecule has 174 valence electrons. The van der Waals surface area contributed by atoms with Gasteiger partial charge in [0.15, 0.2) is 11.2 Å². The number of nitrogens with zero attached hydrogens (tertiary/aromatic N) is 4. The summed E-state index contributed by atoms with van der Waals surface area (Å²) in [7, 11) is 3.07. The van der Waals surface area contributed by atoms with E-state index < -0.39 is 11.8 Å². The van der Waals surface area contributed by atoms with Crippen molar-refractivity contribution in [2.24, 2.45) is 14.1 Å². The first-order chi connectivity index (χ1) is 15.4. The topological polar surface area (TPSA) is 103 Å². The lowest BCUT2D eigenvalue weighted by Gasteiger charge is -2.15. The molecule has 0 aliphatic rings. The van der Waals surface area contributed by atoms with Crippen LogP contribution < -0.4 is 21.3 Å². The van der Waals surface area contributed by atoms with Crippen LogP contribution in [0.3, 0.4) is 0 Å². The van der Waals surface area contributed by atoms with E-state index in [1.165, 1.54) is 17.2 Å². The maximum atomic E-state index is 12.5. The third-order valence-electron chi connectivity index (χ3n) is 5.55. The molecular formula is C23H33N5O4. The van der Waals surface area contributed by atoms with Crippen molar-refractivity contribution in [1.82, 2.24) is 24.0 Å². The summed E-state index contributed by atoms with van der Waals surface area (Å²) in [4.78, 5) is 28.7. The van der Waals surface area contributed by atoms with Gasteiger partial charge in [-0.3, -0.25) is 13.9 Å². The van der Waals surface area contributed by atoms with Crippen molar-refractivity contribution in [2.45, 2.75) is 45.3 Å². The van der Waals surface area contributed by atoms with E-state index in [2.05, 4.69) is 23.3 Å². The number of aliphatic hydroxyl groups is 1. The number of aryl methyl sites for hydroxylation is 3. The van der Waals surface area contributed by atoms with Crippen molar-refractivity contribution in [2.75, 3.05) is 19.7 Å². The van der Waals surface area contributed by atoms with Gasteiger partial charge in [0.1, 0.15) is 18.5 Å². The van der Waals surface area contributed by atoms with Crippen LogP contribution in [0.5, 0.6) is 5.75 Å². The molecule has 0 aliphatic heterocycles. The lowest BCUT2D eigenvalue weighted by Crippen LogP contribution is -2.37. The van der Waals surface area contributed by atoms with E-state index >= 15 is 0 Å². The van der Waals surface area contributed by atoms with E-state index in [0.29, 0.717) is 30.8 Å². The molecule has 32 heavy (non-hydrogen) atoms. The zero-order valence-electron chi connectivity index (χ0n) is 19.1. The Kier molecular flexibility index (Phi) is 8.24. The number of hydrogen-bond donors (Lipinski definition) is 2. The molecule has 9 heteroatoms. The molecule has 0 radical (unpaired) electrons. The molecule has 0 aliphatic carbocycles. The van der Waals surface area contributed by atoms with Gasteiger partial charge in [-0.2, -0.15) is 0 Å². The summed E-state index contributed by atoms with van der Waals surface area (Å²) < 4.78 is 10.1. The van der Waals surface area contributed by atoms with Gasteiger partial charge in [0.2, 0.25) is 0 Å². The minimum atomic E-state index is -0.620. The molecule has 9 nitrogen and oxygen atoms in total. The maximum absolute atomic E-state index is 12.5. The molecule has 0 saturated heterocycles. The highest BCUT2D eigenvalue weighted by Crippen LogP contribution is 2.20. The molecule has 1 aromatic carbocycles. The molecule has 1 unspecified atom stereocenters. The molecule has 0 fully saturated rings. The van der Waals surface area contributed by atoms with Crippen molar-refractivity contribution in [3.05, 3.63) is 57.0 Å². The highest BCUT2D eigenvalue weighted by atomic mass is 16.5. The lowest BCUT2D eigenvalue weighted by molar-refractivity contribution is 0.106. The van der Waals surface area contributed by atoms with Gasteiger partial charge in [-0.25, -0.2) is 9.78 Å². The van der Waals surface area contributed by atoms with E-state index in [1.54, 1.807) is 17.9 Å². The number of unbranched alkanes of at least 4 members (excludes halogenated alkanes) is 1. The highest BCUT2D eigenvalue weighted by molar-refractivity contribution is 5.69. The normalized spacial score (nSPS) is 12.4. The first-order valence-corrected chi connectivity index (χ1v) is 11.1. The molecule has 0 amide bonds. The predicted molar refractivity (Wildman–Crippen MR) is 124 cm³/mol. The zero-order valence-corrected chi connectivity index (χ0v) is 19.1. The van der Waals surface area contributed by atoms with Crippen LogP contribution in [0, 0.1) is 0 Å². The average molecular weight is 444 g/mol. The molecule has 3 aromatic rings. The lowest BCUT2D eigenvalue weighted by atomic mass is 10.1. The third kappa shape index (κ3) is 5.46. The Morgan fingerprint density at radius 3 is 2.72 bits per heavy atom. The van der Waals surface area contributed by atoms with Gasteiger partial charge in [0.25, 0.3) is 5.56 Å². The fourth-order valence-corrected chi connectivity index (χ4v) is 3.67. The van der Waals surface area contributed by atoms with Gasteiger partial charge >= 0.3 is 5.69 Å². The summed E-state index contributed by atoms with van der Waals surface area (Å²) in [5.74, 6) is 0.836. The van der Waals surface area contributed by atoms with Crippen molar-refractivity contribution in [3.63, 3.8) is 0 Å². The number of nitrogens with one attached hydrogen (secondary N) is 1. The number of imidazole rings is 1. The van der Waals surface area contributed by atoms with Crippen LogP contribution in [0.15, 0.2) is 40.2 Å². The molecule has 0 bridgehead atoms. The Morgan fingerprint density at radius 1 is 1.16 bits per heavy atom. The van der Waals surface area contributed by atoms with Gasteiger partial charge in [-0.1, -0.05) is 31.5 Å². The minimum absolute atomic E-state index is 0.229.